The molecule has 0 aliphatic heterocycles. The van der Waals surface area contributed by atoms with Crippen molar-refractivity contribution < 1.29 is 5.11 Å². The Morgan fingerprint density at radius 3 is 2.55 bits per heavy atom. The van der Waals surface area contributed by atoms with Crippen LogP contribution in [0.1, 0.15) is 50.4 Å². The van der Waals surface area contributed by atoms with E-state index in [1.165, 1.54) is 6.42 Å². The largest absolute Gasteiger partial charge is 0.396 e. The highest BCUT2D eigenvalue weighted by Crippen LogP contribution is 2.30. The highest BCUT2D eigenvalue weighted by atomic mass is 16.3. The van der Waals surface area contributed by atoms with E-state index < -0.39 is 0 Å². The summed E-state index contributed by atoms with van der Waals surface area (Å²) < 4.78 is 0. The van der Waals surface area contributed by atoms with Crippen LogP contribution in [0.25, 0.3) is 0 Å². The molecule has 0 amide bonds. The number of nitrogens with one attached hydrogen (secondary N) is 2. The van der Waals surface area contributed by atoms with Gasteiger partial charge < -0.3 is 15.7 Å². The Labute approximate surface area is 121 Å². The van der Waals surface area contributed by atoms with Crippen LogP contribution in [0.3, 0.4) is 0 Å². The molecule has 1 fully saturated rings. The van der Waals surface area contributed by atoms with E-state index in [4.69, 9.17) is 0 Å². The SMILES string of the molecule is CNc1nc(C(C)C)nc(NC2CCCC2CO)c1C. The minimum Gasteiger partial charge on any atom is -0.396 e. The van der Waals surface area contributed by atoms with Gasteiger partial charge >= 0.3 is 0 Å². The zero-order valence-electron chi connectivity index (χ0n) is 12.9. The molecule has 112 valence electrons. The van der Waals surface area contributed by atoms with Crippen molar-refractivity contribution in [2.45, 2.75) is 52.0 Å². The quantitative estimate of drug-likeness (QED) is 0.772. The fourth-order valence-electron chi connectivity index (χ4n) is 2.80. The van der Waals surface area contributed by atoms with E-state index in [0.717, 1.165) is 35.9 Å². The molecule has 20 heavy (non-hydrogen) atoms. The summed E-state index contributed by atoms with van der Waals surface area (Å²) in [5, 5.41) is 16.1. The molecule has 1 aliphatic rings. The molecule has 5 nitrogen and oxygen atoms in total. The first-order valence-corrected chi connectivity index (χ1v) is 7.50. The molecular formula is C15H26N4O. The maximum Gasteiger partial charge on any atom is 0.135 e. The Balaban J connectivity index is 2.28. The van der Waals surface area contributed by atoms with E-state index in [1.807, 2.05) is 14.0 Å². The molecule has 0 bridgehead atoms. The summed E-state index contributed by atoms with van der Waals surface area (Å²) in [7, 11) is 1.88. The van der Waals surface area contributed by atoms with Crippen molar-refractivity contribution >= 4 is 11.6 Å². The molecule has 0 radical (unpaired) electrons. The number of rotatable bonds is 5. The van der Waals surface area contributed by atoms with Gasteiger partial charge in [0.1, 0.15) is 17.5 Å². The summed E-state index contributed by atoms with van der Waals surface area (Å²) in [5.74, 6) is 3.26. The number of hydrogen-bond donors (Lipinski definition) is 3. The first-order valence-electron chi connectivity index (χ1n) is 7.50. The summed E-state index contributed by atoms with van der Waals surface area (Å²) in [5.41, 5.74) is 1.04. The van der Waals surface area contributed by atoms with E-state index >= 15 is 0 Å². The van der Waals surface area contributed by atoms with Gasteiger partial charge in [-0.05, 0) is 19.8 Å². The smallest absolute Gasteiger partial charge is 0.135 e. The third-order valence-electron chi connectivity index (χ3n) is 4.13. The Morgan fingerprint density at radius 1 is 1.25 bits per heavy atom. The van der Waals surface area contributed by atoms with Crippen LogP contribution >= 0.6 is 0 Å². The van der Waals surface area contributed by atoms with Crippen molar-refractivity contribution in [3.8, 4) is 0 Å². The summed E-state index contributed by atoms with van der Waals surface area (Å²) >= 11 is 0. The molecule has 1 saturated carbocycles. The van der Waals surface area contributed by atoms with Gasteiger partial charge in [-0.25, -0.2) is 9.97 Å². The summed E-state index contributed by atoms with van der Waals surface area (Å²) in [6.45, 7) is 6.47. The van der Waals surface area contributed by atoms with Crippen molar-refractivity contribution in [1.29, 1.82) is 0 Å². The third-order valence-corrected chi connectivity index (χ3v) is 4.13. The summed E-state index contributed by atoms with van der Waals surface area (Å²) in [6, 6.07) is 0.318. The molecule has 1 heterocycles. The normalized spacial score (nSPS) is 22.3. The topological polar surface area (TPSA) is 70.1 Å². The standard InChI is InChI=1S/C15H26N4O/c1-9(2)13-18-14(16-4)10(3)15(19-13)17-12-7-5-6-11(12)8-20/h9,11-12,20H,5-8H2,1-4H3,(H2,16,17,18,19). The molecule has 1 aromatic rings. The lowest BCUT2D eigenvalue weighted by molar-refractivity contribution is 0.222. The number of aliphatic hydroxyl groups excluding tert-OH is 1. The Hall–Kier alpha value is -1.36. The minimum atomic E-state index is 0.248. The second kappa shape index (κ2) is 6.39. The lowest BCUT2D eigenvalue weighted by Gasteiger charge is -2.22. The van der Waals surface area contributed by atoms with Crippen molar-refractivity contribution in [2.24, 2.45) is 5.92 Å². The second-order valence-corrected chi connectivity index (χ2v) is 5.93. The molecular weight excluding hydrogens is 252 g/mol. The van der Waals surface area contributed by atoms with Crippen LogP contribution in [0, 0.1) is 12.8 Å². The summed E-state index contributed by atoms with van der Waals surface area (Å²) in [6.07, 6.45) is 3.36. The molecule has 0 aromatic carbocycles. The first kappa shape index (κ1) is 15.0. The highest BCUT2D eigenvalue weighted by Gasteiger charge is 2.27. The van der Waals surface area contributed by atoms with Crippen LogP contribution in [0.4, 0.5) is 11.6 Å². The molecule has 0 spiro atoms. The lowest BCUT2D eigenvalue weighted by Crippen LogP contribution is -2.27. The second-order valence-electron chi connectivity index (χ2n) is 5.93. The molecule has 3 N–H and O–H groups in total. The maximum atomic E-state index is 9.44. The Bertz CT molecular complexity index is 461. The number of hydrogen-bond acceptors (Lipinski definition) is 5. The van der Waals surface area contributed by atoms with Crippen LogP contribution in [-0.2, 0) is 0 Å². The van der Waals surface area contributed by atoms with Crippen LogP contribution in [0.5, 0.6) is 0 Å². The number of anilines is 2. The van der Waals surface area contributed by atoms with E-state index in [0.29, 0.717) is 17.9 Å². The van der Waals surface area contributed by atoms with Gasteiger partial charge in [0.15, 0.2) is 0 Å². The van der Waals surface area contributed by atoms with Gasteiger partial charge in [0.2, 0.25) is 0 Å². The van der Waals surface area contributed by atoms with Gasteiger partial charge in [0.05, 0.1) is 0 Å². The Kier molecular flexibility index (Phi) is 4.81. The van der Waals surface area contributed by atoms with Gasteiger partial charge in [0.25, 0.3) is 0 Å². The Morgan fingerprint density at radius 2 is 1.95 bits per heavy atom. The molecule has 2 rings (SSSR count). The predicted molar refractivity (Wildman–Crippen MR) is 82.2 cm³/mol. The molecule has 1 aromatic heterocycles. The fourth-order valence-corrected chi connectivity index (χ4v) is 2.80. The van der Waals surface area contributed by atoms with Crippen molar-refractivity contribution in [3.63, 3.8) is 0 Å². The molecule has 1 aliphatic carbocycles. The zero-order chi connectivity index (χ0) is 14.7. The molecule has 5 heteroatoms. The van der Waals surface area contributed by atoms with E-state index in [2.05, 4.69) is 34.4 Å². The molecule has 2 unspecified atom stereocenters. The van der Waals surface area contributed by atoms with Gasteiger partial charge in [-0.2, -0.15) is 0 Å². The van der Waals surface area contributed by atoms with Crippen LogP contribution in [0.15, 0.2) is 0 Å². The van der Waals surface area contributed by atoms with Crippen LogP contribution in [0.2, 0.25) is 0 Å². The highest BCUT2D eigenvalue weighted by molar-refractivity contribution is 5.57. The molecule has 2 atom stereocenters. The van der Waals surface area contributed by atoms with Gasteiger partial charge in [-0.3, -0.25) is 0 Å². The maximum absolute atomic E-state index is 9.44. The van der Waals surface area contributed by atoms with Crippen molar-refractivity contribution in [3.05, 3.63) is 11.4 Å². The average molecular weight is 278 g/mol. The van der Waals surface area contributed by atoms with Gasteiger partial charge in [0, 0.05) is 37.1 Å². The monoisotopic (exact) mass is 278 g/mol. The van der Waals surface area contributed by atoms with Crippen LogP contribution in [-0.4, -0.2) is 34.8 Å². The number of nitrogens with zero attached hydrogens (tertiary/aromatic N) is 2. The van der Waals surface area contributed by atoms with E-state index in [-0.39, 0.29) is 6.61 Å². The van der Waals surface area contributed by atoms with E-state index in [9.17, 15) is 5.11 Å². The first-order chi connectivity index (χ1) is 9.56. The minimum absolute atomic E-state index is 0.248. The van der Waals surface area contributed by atoms with Crippen molar-refractivity contribution in [2.75, 3.05) is 24.3 Å². The number of aliphatic hydroxyl groups is 1. The summed E-state index contributed by atoms with van der Waals surface area (Å²) in [4.78, 5) is 9.22. The third kappa shape index (κ3) is 3.03. The van der Waals surface area contributed by atoms with Crippen molar-refractivity contribution in [1.82, 2.24) is 9.97 Å². The van der Waals surface area contributed by atoms with Gasteiger partial charge in [-0.1, -0.05) is 20.3 Å². The van der Waals surface area contributed by atoms with Gasteiger partial charge in [-0.15, -0.1) is 0 Å². The zero-order valence-corrected chi connectivity index (χ0v) is 12.9. The fraction of sp³-hybridized carbons (Fsp3) is 0.733. The predicted octanol–water partition coefficient (Wildman–Crippen LogP) is 2.52. The average Bonchev–Trinajstić information content (AvgIpc) is 2.88. The number of aromatic nitrogens is 2. The van der Waals surface area contributed by atoms with E-state index in [1.54, 1.807) is 0 Å². The molecule has 0 saturated heterocycles. The lowest BCUT2D eigenvalue weighted by atomic mass is 10.0. The van der Waals surface area contributed by atoms with Crippen LogP contribution < -0.4 is 10.6 Å².